The van der Waals surface area contributed by atoms with E-state index < -0.39 is 0 Å². The van der Waals surface area contributed by atoms with Crippen molar-refractivity contribution in [3.05, 3.63) is 24.0 Å². The highest BCUT2D eigenvalue weighted by molar-refractivity contribution is 6.01. The third-order valence-corrected chi connectivity index (χ3v) is 5.04. The summed E-state index contributed by atoms with van der Waals surface area (Å²) in [6.07, 6.45) is 4.99. The van der Waals surface area contributed by atoms with E-state index in [9.17, 15) is 9.59 Å². The summed E-state index contributed by atoms with van der Waals surface area (Å²) in [7, 11) is 0. The van der Waals surface area contributed by atoms with Gasteiger partial charge in [0.2, 0.25) is 11.8 Å². The first-order valence-corrected chi connectivity index (χ1v) is 9.83. The SMILES string of the molecule is CC.CC(C)N1CCC(c2ccc(NC3CCC(=O)NC3=O)cn2)CC1. The molecule has 0 spiro atoms. The molecule has 0 saturated carbocycles. The average Bonchev–Trinajstić information content (AvgIpc) is 2.66. The number of nitrogens with zero attached hydrogens (tertiary/aromatic N) is 2. The highest BCUT2D eigenvalue weighted by Crippen LogP contribution is 2.28. The number of likely N-dealkylation sites (tertiary alicyclic amines) is 1. The molecule has 2 N–H and O–H groups in total. The van der Waals surface area contributed by atoms with E-state index in [0.29, 0.717) is 24.8 Å². The second-order valence-electron chi connectivity index (χ2n) is 7.02. The van der Waals surface area contributed by atoms with Crippen LogP contribution in [0.25, 0.3) is 0 Å². The molecule has 1 aromatic heterocycles. The maximum atomic E-state index is 11.8. The quantitative estimate of drug-likeness (QED) is 0.808. The van der Waals surface area contributed by atoms with Crippen molar-refractivity contribution in [1.82, 2.24) is 15.2 Å². The van der Waals surface area contributed by atoms with Crippen molar-refractivity contribution in [2.75, 3.05) is 18.4 Å². The molecule has 0 aromatic carbocycles. The Morgan fingerprint density at radius 2 is 1.85 bits per heavy atom. The van der Waals surface area contributed by atoms with Gasteiger partial charge in [-0.3, -0.25) is 19.9 Å². The van der Waals surface area contributed by atoms with E-state index in [4.69, 9.17) is 0 Å². The lowest BCUT2D eigenvalue weighted by atomic mass is 9.92. The van der Waals surface area contributed by atoms with Crippen LogP contribution >= 0.6 is 0 Å². The molecule has 3 rings (SSSR count). The number of carbonyl (C=O) groups is 2. The van der Waals surface area contributed by atoms with E-state index >= 15 is 0 Å². The van der Waals surface area contributed by atoms with Crippen LogP contribution in [0.1, 0.15) is 65.0 Å². The molecule has 2 aliphatic heterocycles. The minimum absolute atomic E-state index is 0.195. The smallest absolute Gasteiger partial charge is 0.249 e. The van der Waals surface area contributed by atoms with Crippen molar-refractivity contribution < 1.29 is 9.59 Å². The molecular formula is C20H32N4O2. The van der Waals surface area contributed by atoms with Crippen molar-refractivity contribution in [3.8, 4) is 0 Å². The van der Waals surface area contributed by atoms with Gasteiger partial charge in [-0.15, -0.1) is 0 Å². The number of amides is 2. The normalized spacial score (nSPS) is 21.8. The molecule has 2 amide bonds. The van der Waals surface area contributed by atoms with Gasteiger partial charge in [-0.05, 0) is 58.3 Å². The maximum Gasteiger partial charge on any atom is 0.249 e. The molecule has 2 saturated heterocycles. The lowest BCUT2D eigenvalue weighted by Crippen LogP contribution is -2.47. The number of aromatic nitrogens is 1. The van der Waals surface area contributed by atoms with Gasteiger partial charge in [-0.2, -0.15) is 0 Å². The lowest BCUT2D eigenvalue weighted by Gasteiger charge is -2.34. The molecule has 26 heavy (non-hydrogen) atoms. The molecule has 1 aromatic rings. The van der Waals surface area contributed by atoms with Gasteiger partial charge in [-0.25, -0.2) is 0 Å². The summed E-state index contributed by atoms with van der Waals surface area (Å²) < 4.78 is 0. The highest BCUT2D eigenvalue weighted by atomic mass is 16.2. The van der Waals surface area contributed by atoms with Gasteiger partial charge in [0.05, 0.1) is 11.9 Å². The molecule has 6 heteroatoms. The number of hydrogen-bond acceptors (Lipinski definition) is 5. The van der Waals surface area contributed by atoms with E-state index in [1.54, 1.807) is 6.20 Å². The standard InChI is InChI=1S/C18H26N4O2.C2H6/c1-12(2)22-9-7-13(8-10-22)15-4-3-14(11-19-15)20-16-5-6-17(23)21-18(16)24;1-2/h3-4,11-13,16,20H,5-10H2,1-2H3,(H,21,23,24);1-2H3. The van der Waals surface area contributed by atoms with Crippen LogP contribution in [0.15, 0.2) is 18.3 Å². The van der Waals surface area contributed by atoms with Crippen LogP contribution < -0.4 is 10.6 Å². The predicted molar refractivity (Wildman–Crippen MR) is 104 cm³/mol. The van der Waals surface area contributed by atoms with Crippen LogP contribution in [-0.2, 0) is 9.59 Å². The van der Waals surface area contributed by atoms with Crippen molar-refractivity contribution >= 4 is 17.5 Å². The summed E-state index contributed by atoms with van der Waals surface area (Å²) in [6, 6.07) is 4.30. The van der Waals surface area contributed by atoms with E-state index in [1.807, 2.05) is 19.9 Å². The molecule has 0 aliphatic carbocycles. The minimum atomic E-state index is -0.357. The van der Waals surface area contributed by atoms with Crippen LogP contribution in [0.4, 0.5) is 5.69 Å². The van der Waals surface area contributed by atoms with Gasteiger partial charge in [0.15, 0.2) is 0 Å². The van der Waals surface area contributed by atoms with Gasteiger partial charge in [-0.1, -0.05) is 13.8 Å². The second kappa shape index (κ2) is 9.67. The van der Waals surface area contributed by atoms with Gasteiger partial charge in [0, 0.05) is 24.1 Å². The van der Waals surface area contributed by atoms with Crippen LogP contribution in [0, 0.1) is 0 Å². The van der Waals surface area contributed by atoms with Gasteiger partial charge in [0.25, 0.3) is 0 Å². The summed E-state index contributed by atoms with van der Waals surface area (Å²) >= 11 is 0. The fraction of sp³-hybridized carbons (Fsp3) is 0.650. The Bertz CT molecular complexity index is 592. The summed E-state index contributed by atoms with van der Waals surface area (Å²) in [5, 5.41) is 5.53. The number of rotatable bonds is 4. The summed E-state index contributed by atoms with van der Waals surface area (Å²) in [5.74, 6) is 0.0697. The Morgan fingerprint density at radius 3 is 2.38 bits per heavy atom. The van der Waals surface area contributed by atoms with Crippen molar-refractivity contribution in [3.63, 3.8) is 0 Å². The van der Waals surface area contributed by atoms with Gasteiger partial charge in [0.1, 0.15) is 6.04 Å². The zero-order chi connectivity index (χ0) is 19.1. The van der Waals surface area contributed by atoms with Crippen LogP contribution in [0.5, 0.6) is 0 Å². The summed E-state index contributed by atoms with van der Waals surface area (Å²) in [6.45, 7) is 10.7. The van der Waals surface area contributed by atoms with Crippen LogP contribution in [0.3, 0.4) is 0 Å². The van der Waals surface area contributed by atoms with Crippen molar-refractivity contribution in [1.29, 1.82) is 0 Å². The van der Waals surface area contributed by atoms with Crippen molar-refractivity contribution in [2.24, 2.45) is 0 Å². The first-order chi connectivity index (χ1) is 12.5. The average molecular weight is 361 g/mol. The number of hydrogen-bond donors (Lipinski definition) is 2. The number of carbonyl (C=O) groups excluding carboxylic acids is 2. The Labute approximate surface area is 156 Å². The predicted octanol–water partition coefficient (Wildman–Crippen LogP) is 2.91. The molecule has 144 valence electrons. The monoisotopic (exact) mass is 360 g/mol. The van der Waals surface area contributed by atoms with E-state index in [2.05, 4.69) is 40.4 Å². The molecule has 1 unspecified atom stereocenters. The number of pyridine rings is 1. The van der Waals surface area contributed by atoms with E-state index in [0.717, 1.165) is 37.3 Å². The molecule has 0 radical (unpaired) electrons. The van der Waals surface area contributed by atoms with E-state index in [1.165, 1.54) is 0 Å². The Hall–Kier alpha value is -1.95. The molecule has 3 heterocycles. The number of anilines is 1. The fourth-order valence-electron chi connectivity index (χ4n) is 3.48. The first kappa shape index (κ1) is 20.4. The first-order valence-electron chi connectivity index (χ1n) is 9.83. The zero-order valence-electron chi connectivity index (χ0n) is 16.4. The summed E-state index contributed by atoms with van der Waals surface area (Å²) in [4.78, 5) is 30.1. The number of imide groups is 1. The van der Waals surface area contributed by atoms with Crippen molar-refractivity contribution in [2.45, 2.75) is 71.4 Å². The van der Waals surface area contributed by atoms with E-state index in [-0.39, 0.29) is 17.9 Å². The van der Waals surface area contributed by atoms with Crippen LogP contribution in [-0.4, -0.2) is 46.9 Å². The maximum absolute atomic E-state index is 11.8. The minimum Gasteiger partial charge on any atom is -0.372 e. The topological polar surface area (TPSA) is 74.3 Å². The van der Waals surface area contributed by atoms with Crippen LogP contribution in [0.2, 0.25) is 0 Å². The Balaban J connectivity index is 0.00000117. The fourth-order valence-corrected chi connectivity index (χ4v) is 3.48. The molecule has 2 fully saturated rings. The highest BCUT2D eigenvalue weighted by Gasteiger charge is 2.27. The molecule has 0 bridgehead atoms. The lowest BCUT2D eigenvalue weighted by molar-refractivity contribution is -0.133. The zero-order valence-corrected chi connectivity index (χ0v) is 16.4. The Kier molecular flexibility index (Phi) is 7.57. The third kappa shape index (κ3) is 5.27. The third-order valence-electron chi connectivity index (χ3n) is 5.04. The number of piperidine rings is 2. The second-order valence-corrected chi connectivity index (χ2v) is 7.02. The van der Waals surface area contributed by atoms with Gasteiger partial charge < -0.3 is 10.2 Å². The molecule has 2 aliphatic rings. The van der Waals surface area contributed by atoms with Gasteiger partial charge >= 0.3 is 0 Å². The summed E-state index contributed by atoms with van der Waals surface area (Å²) in [5.41, 5.74) is 1.96. The molecule has 1 atom stereocenters. The number of nitrogens with one attached hydrogen (secondary N) is 2. The molecule has 6 nitrogen and oxygen atoms in total. The molecular weight excluding hydrogens is 328 g/mol. The Morgan fingerprint density at radius 1 is 1.15 bits per heavy atom. The largest absolute Gasteiger partial charge is 0.372 e.